The maximum Gasteiger partial charge on any atom is 0.330 e. The van der Waals surface area contributed by atoms with Crippen LogP contribution in [0.5, 0.6) is 0 Å². The topological polar surface area (TPSA) is 89.7 Å². The largest absolute Gasteiger partial charge is 0.466 e. The van der Waals surface area contributed by atoms with Crippen LogP contribution in [0, 0.1) is 10.1 Å². The van der Waals surface area contributed by atoms with E-state index in [0.29, 0.717) is 6.42 Å². The van der Waals surface area contributed by atoms with Crippen molar-refractivity contribution in [2.24, 2.45) is 0 Å². The summed E-state index contributed by atoms with van der Waals surface area (Å²) in [4.78, 5) is 20.4. The smallest absolute Gasteiger partial charge is 0.330 e. The van der Waals surface area contributed by atoms with E-state index in [4.69, 9.17) is 0 Å². The number of rotatable bonds is 6. The number of allylic oxidation sites excluding steroid dienone is 1. The van der Waals surface area contributed by atoms with E-state index in [1.165, 1.54) is 26.2 Å². The first kappa shape index (κ1) is 13.6. The van der Waals surface area contributed by atoms with Gasteiger partial charge in [-0.1, -0.05) is 6.08 Å². The van der Waals surface area contributed by atoms with Gasteiger partial charge in [-0.05, 0) is 12.8 Å². The zero-order valence-electron chi connectivity index (χ0n) is 8.75. The highest BCUT2D eigenvalue weighted by Gasteiger charge is 2.22. The number of nitrogens with zero attached hydrogens (tertiary/aromatic N) is 1. The zero-order chi connectivity index (χ0) is 11.8. The van der Waals surface area contributed by atoms with E-state index in [1.54, 1.807) is 0 Å². The van der Waals surface area contributed by atoms with Gasteiger partial charge in [-0.2, -0.15) is 0 Å². The van der Waals surface area contributed by atoms with Gasteiger partial charge in [-0.3, -0.25) is 10.1 Å². The molecule has 0 amide bonds. The van der Waals surface area contributed by atoms with E-state index in [2.05, 4.69) is 4.74 Å². The molecule has 6 nitrogen and oxygen atoms in total. The molecule has 0 aliphatic heterocycles. The lowest BCUT2D eigenvalue weighted by molar-refractivity contribution is -0.529. The van der Waals surface area contributed by atoms with Gasteiger partial charge in [0.25, 0.3) is 0 Å². The van der Waals surface area contributed by atoms with Crippen LogP contribution in [0.2, 0.25) is 0 Å². The molecule has 0 bridgehead atoms. The Kier molecular flexibility index (Phi) is 6.28. The second-order valence-electron chi connectivity index (χ2n) is 3.10. The number of hydrogen-bond acceptors (Lipinski definition) is 5. The van der Waals surface area contributed by atoms with Crippen LogP contribution in [-0.2, 0) is 9.53 Å². The summed E-state index contributed by atoms with van der Waals surface area (Å²) in [5.41, 5.74) is 0. The summed E-state index contributed by atoms with van der Waals surface area (Å²) in [6.07, 6.45) is 2.39. The average molecular weight is 217 g/mol. The first-order chi connectivity index (χ1) is 6.99. The molecule has 0 radical (unpaired) electrons. The number of aliphatic hydroxyl groups is 1. The predicted octanol–water partition coefficient (Wildman–Crippen LogP) is 0.522. The van der Waals surface area contributed by atoms with Gasteiger partial charge in [0.05, 0.1) is 7.11 Å². The minimum atomic E-state index is -0.998. The van der Waals surface area contributed by atoms with Gasteiger partial charge < -0.3 is 9.84 Å². The van der Waals surface area contributed by atoms with Crippen molar-refractivity contribution in [1.29, 1.82) is 0 Å². The summed E-state index contributed by atoms with van der Waals surface area (Å²) < 4.78 is 4.35. The van der Waals surface area contributed by atoms with Crippen molar-refractivity contribution < 1.29 is 19.6 Å². The van der Waals surface area contributed by atoms with Crippen molar-refractivity contribution in [3.8, 4) is 0 Å². The summed E-state index contributed by atoms with van der Waals surface area (Å²) in [7, 11) is 1.26. The molecule has 86 valence electrons. The summed E-state index contributed by atoms with van der Waals surface area (Å²) in [5.74, 6) is -0.480. The maximum absolute atomic E-state index is 10.6. The highest BCUT2D eigenvalue weighted by molar-refractivity contribution is 5.81. The molecule has 0 heterocycles. The Balaban J connectivity index is 3.81. The third-order valence-corrected chi connectivity index (χ3v) is 1.97. The Hall–Kier alpha value is -1.43. The molecule has 0 aromatic heterocycles. The fourth-order valence-electron chi connectivity index (χ4n) is 0.896. The van der Waals surface area contributed by atoms with E-state index in [1.807, 2.05) is 0 Å². The summed E-state index contributed by atoms with van der Waals surface area (Å²) in [6.45, 7) is 1.34. The zero-order valence-corrected chi connectivity index (χ0v) is 8.75. The molecule has 0 aliphatic carbocycles. The molecule has 0 saturated carbocycles. The minimum Gasteiger partial charge on any atom is -0.466 e. The van der Waals surface area contributed by atoms with Crippen LogP contribution < -0.4 is 0 Å². The van der Waals surface area contributed by atoms with Crippen molar-refractivity contribution in [3.63, 3.8) is 0 Å². The normalized spacial score (nSPS) is 14.9. The van der Waals surface area contributed by atoms with Crippen molar-refractivity contribution >= 4 is 5.97 Å². The number of carbonyl (C=O) groups is 1. The molecule has 0 aromatic rings. The van der Waals surface area contributed by atoms with Crippen molar-refractivity contribution in [3.05, 3.63) is 22.3 Å². The van der Waals surface area contributed by atoms with Crippen LogP contribution in [0.15, 0.2) is 12.2 Å². The van der Waals surface area contributed by atoms with Gasteiger partial charge in [0, 0.05) is 17.9 Å². The second-order valence-corrected chi connectivity index (χ2v) is 3.10. The predicted molar refractivity (Wildman–Crippen MR) is 52.9 cm³/mol. The van der Waals surface area contributed by atoms with Gasteiger partial charge >= 0.3 is 5.97 Å². The molecule has 0 saturated heterocycles. The number of carbonyl (C=O) groups excluding carboxylic acids is 1. The molecule has 0 fully saturated rings. The van der Waals surface area contributed by atoms with Crippen LogP contribution in [-0.4, -0.2) is 35.3 Å². The molecule has 2 atom stereocenters. The number of esters is 1. The van der Waals surface area contributed by atoms with Crippen LogP contribution >= 0.6 is 0 Å². The Morgan fingerprint density at radius 3 is 2.73 bits per heavy atom. The lowest BCUT2D eigenvalue weighted by Crippen LogP contribution is -2.30. The quantitative estimate of drug-likeness (QED) is 0.303. The highest BCUT2D eigenvalue weighted by atomic mass is 16.6. The van der Waals surface area contributed by atoms with E-state index in [-0.39, 0.29) is 6.42 Å². The fraction of sp³-hybridized carbons (Fsp3) is 0.667. The average Bonchev–Trinajstić information content (AvgIpc) is 2.22. The monoisotopic (exact) mass is 217 g/mol. The third kappa shape index (κ3) is 5.79. The summed E-state index contributed by atoms with van der Waals surface area (Å²) in [5, 5.41) is 19.6. The van der Waals surface area contributed by atoms with Crippen molar-refractivity contribution in [1.82, 2.24) is 0 Å². The molecule has 0 rings (SSSR count). The number of hydrogen-bond donors (Lipinski definition) is 1. The number of ether oxygens (including phenoxy) is 1. The first-order valence-corrected chi connectivity index (χ1v) is 4.55. The lowest BCUT2D eigenvalue weighted by atomic mass is 10.1. The summed E-state index contributed by atoms with van der Waals surface area (Å²) >= 11 is 0. The van der Waals surface area contributed by atoms with Gasteiger partial charge in [-0.25, -0.2) is 4.79 Å². The molecule has 6 heteroatoms. The number of methoxy groups -OCH3 is 1. The molecule has 15 heavy (non-hydrogen) atoms. The fourth-order valence-corrected chi connectivity index (χ4v) is 0.896. The number of nitro groups is 1. The maximum atomic E-state index is 10.6. The van der Waals surface area contributed by atoms with Crippen LogP contribution in [0.1, 0.15) is 19.8 Å². The summed E-state index contributed by atoms with van der Waals surface area (Å²) in [6, 6.07) is -0.989. The van der Waals surface area contributed by atoms with E-state index < -0.39 is 23.0 Å². The third-order valence-electron chi connectivity index (χ3n) is 1.97. The van der Waals surface area contributed by atoms with Gasteiger partial charge in [0.2, 0.25) is 6.04 Å². The molecular formula is C9H15NO5. The second kappa shape index (κ2) is 6.94. The minimum absolute atomic E-state index is 0.246. The highest BCUT2D eigenvalue weighted by Crippen LogP contribution is 2.05. The van der Waals surface area contributed by atoms with E-state index >= 15 is 0 Å². The van der Waals surface area contributed by atoms with Crippen LogP contribution in [0.3, 0.4) is 0 Å². The standard InChI is InChI=1S/C9H15NO5/c1-7(10(13)14)8(11)5-3-4-6-9(12)15-2/h4,6-8,11H,3,5H2,1-2H3/b6-4+. The van der Waals surface area contributed by atoms with Crippen molar-refractivity contribution in [2.75, 3.05) is 7.11 Å². The Morgan fingerprint density at radius 1 is 1.67 bits per heavy atom. The van der Waals surface area contributed by atoms with Gasteiger partial charge in [0.1, 0.15) is 6.10 Å². The van der Waals surface area contributed by atoms with Crippen molar-refractivity contribution in [2.45, 2.75) is 31.9 Å². The molecule has 0 spiro atoms. The number of aliphatic hydroxyl groups excluding tert-OH is 1. The van der Waals surface area contributed by atoms with Gasteiger partial charge in [-0.15, -0.1) is 0 Å². The molecular weight excluding hydrogens is 202 g/mol. The van der Waals surface area contributed by atoms with Gasteiger partial charge in [0.15, 0.2) is 0 Å². The van der Waals surface area contributed by atoms with Crippen LogP contribution in [0.4, 0.5) is 0 Å². The Labute approximate surface area is 87.7 Å². The van der Waals surface area contributed by atoms with E-state index in [0.717, 1.165) is 0 Å². The first-order valence-electron chi connectivity index (χ1n) is 4.55. The molecule has 2 unspecified atom stereocenters. The van der Waals surface area contributed by atoms with Crippen LogP contribution in [0.25, 0.3) is 0 Å². The Morgan fingerprint density at radius 2 is 2.27 bits per heavy atom. The lowest BCUT2D eigenvalue weighted by Gasteiger charge is -2.10. The molecule has 0 aliphatic rings. The molecule has 0 aromatic carbocycles. The SMILES string of the molecule is COC(=O)/C=C/CCC(O)C(C)[N+](=O)[O-]. The Bertz CT molecular complexity index is 251. The molecule has 1 N–H and O–H groups in total. The van der Waals surface area contributed by atoms with E-state index in [9.17, 15) is 20.0 Å².